The molecule has 0 amide bonds. The van der Waals surface area contributed by atoms with Crippen LogP contribution in [0, 0.1) is 0 Å². The van der Waals surface area contributed by atoms with Crippen molar-refractivity contribution < 1.29 is 4.74 Å². The van der Waals surface area contributed by atoms with E-state index in [1.165, 1.54) is 12.0 Å². The average Bonchev–Trinajstić information content (AvgIpc) is 2.97. The van der Waals surface area contributed by atoms with E-state index in [1.807, 2.05) is 0 Å². The molecule has 2 aliphatic heterocycles. The van der Waals surface area contributed by atoms with Gasteiger partial charge < -0.3 is 10.1 Å². The van der Waals surface area contributed by atoms with E-state index in [2.05, 4.69) is 54.4 Å². The lowest BCUT2D eigenvalue weighted by atomic mass is 9.87. The molecule has 0 aromatic heterocycles. The Kier molecular flexibility index (Phi) is 3.61. The summed E-state index contributed by atoms with van der Waals surface area (Å²) in [4.78, 5) is 2.64. The van der Waals surface area contributed by atoms with Gasteiger partial charge >= 0.3 is 0 Å². The van der Waals surface area contributed by atoms with Gasteiger partial charge in [-0.15, -0.1) is 0 Å². The van der Waals surface area contributed by atoms with Gasteiger partial charge in [-0.05, 0) is 25.8 Å². The van der Waals surface area contributed by atoms with Gasteiger partial charge in [0.15, 0.2) is 0 Å². The zero-order chi connectivity index (χ0) is 13.3. The standard InChI is InChI=1S/C16H24N2O/c1-13-10-17-16(2,14-6-4-3-5-7-14)12-18(13)15-8-9-19-11-15/h3-7,13,15,17H,8-12H2,1-2H3. The van der Waals surface area contributed by atoms with Crippen LogP contribution in [0.1, 0.15) is 25.8 Å². The minimum absolute atomic E-state index is 0.0519. The summed E-state index contributed by atoms with van der Waals surface area (Å²) in [6, 6.07) is 12.0. The van der Waals surface area contributed by atoms with Gasteiger partial charge in [0, 0.05) is 31.8 Å². The summed E-state index contributed by atoms with van der Waals surface area (Å²) in [5.74, 6) is 0. The van der Waals surface area contributed by atoms with Crippen LogP contribution in [0.5, 0.6) is 0 Å². The van der Waals surface area contributed by atoms with Crippen molar-refractivity contribution in [3.05, 3.63) is 35.9 Å². The Morgan fingerprint density at radius 3 is 2.79 bits per heavy atom. The summed E-state index contributed by atoms with van der Waals surface area (Å²) in [7, 11) is 0. The molecule has 2 heterocycles. The molecule has 3 atom stereocenters. The lowest BCUT2D eigenvalue weighted by molar-refractivity contribution is 0.0471. The van der Waals surface area contributed by atoms with Gasteiger partial charge in [-0.25, -0.2) is 0 Å². The molecule has 2 saturated heterocycles. The number of benzene rings is 1. The normalized spacial score (nSPS) is 36.5. The highest BCUT2D eigenvalue weighted by Gasteiger charge is 2.39. The van der Waals surface area contributed by atoms with Crippen LogP contribution in [0.15, 0.2) is 30.3 Å². The fraction of sp³-hybridized carbons (Fsp3) is 0.625. The second kappa shape index (κ2) is 5.23. The minimum atomic E-state index is 0.0519. The zero-order valence-corrected chi connectivity index (χ0v) is 11.9. The van der Waals surface area contributed by atoms with Crippen LogP contribution >= 0.6 is 0 Å². The van der Waals surface area contributed by atoms with Crippen molar-refractivity contribution >= 4 is 0 Å². The highest BCUT2D eigenvalue weighted by molar-refractivity contribution is 5.25. The largest absolute Gasteiger partial charge is 0.380 e. The Labute approximate surface area is 115 Å². The summed E-state index contributed by atoms with van der Waals surface area (Å²) in [6.45, 7) is 8.56. The molecular weight excluding hydrogens is 236 g/mol. The number of nitrogens with zero attached hydrogens (tertiary/aromatic N) is 1. The van der Waals surface area contributed by atoms with Crippen LogP contribution in [0.2, 0.25) is 0 Å². The molecule has 3 rings (SSSR count). The van der Waals surface area contributed by atoms with Crippen molar-refractivity contribution in [2.45, 2.75) is 37.9 Å². The third-order valence-corrected chi connectivity index (χ3v) is 4.64. The molecule has 0 aliphatic carbocycles. The molecule has 2 aliphatic rings. The number of hydrogen-bond donors (Lipinski definition) is 1. The number of hydrogen-bond acceptors (Lipinski definition) is 3. The van der Waals surface area contributed by atoms with Crippen LogP contribution in [-0.2, 0) is 10.3 Å². The van der Waals surface area contributed by atoms with Crippen molar-refractivity contribution in [3.63, 3.8) is 0 Å². The van der Waals surface area contributed by atoms with Crippen LogP contribution in [-0.4, -0.2) is 43.3 Å². The molecule has 0 radical (unpaired) electrons. The van der Waals surface area contributed by atoms with Crippen LogP contribution in [0.3, 0.4) is 0 Å². The van der Waals surface area contributed by atoms with Crippen molar-refractivity contribution in [3.8, 4) is 0 Å². The second-order valence-electron chi connectivity index (χ2n) is 6.12. The molecule has 3 nitrogen and oxygen atoms in total. The van der Waals surface area contributed by atoms with Crippen molar-refractivity contribution in [2.75, 3.05) is 26.3 Å². The van der Waals surface area contributed by atoms with Crippen LogP contribution in [0.4, 0.5) is 0 Å². The topological polar surface area (TPSA) is 24.5 Å². The van der Waals surface area contributed by atoms with E-state index in [-0.39, 0.29) is 5.54 Å². The molecule has 0 spiro atoms. The first kappa shape index (κ1) is 13.1. The summed E-state index contributed by atoms with van der Waals surface area (Å²) in [6.07, 6.45) is 1.18. The van der Waals surface area contributed by atoms with E-state index >= 15 is 0 Å². The van der Waals surface area contributed by atoms with Gasteiger partial charge in [-0.3, -0.25) is 4.90 Å². The Morgan fingerprint density at radius 2 is 2.11 bits per heavy atom. The first-order valence-electron chi connectivity index (χ1n) is 7.33. The molecule has 3 unspecified atom stereocenters. The van der Waals surface area contributed by atoms with Gasteiger partial charge in [0.05, 0.1) is 12.1 Å². The maximum Gasteiger partial charge on any atom is 0.0622 e. The molecule has 104 valence electrons. The molecule has 2 fully saturated rings. The molecular formula is C16H24N2O. The van der Waals surface area contributed by atoms with E-state index < -0.39 is 0 Å². The van der Waals surface area contributed by atoms with E-state index in [9.17, 15) is 0 Å². The summed E-state index contributed by atoms with van der Waals surface area (Å²) in [5, 5.41) is 3.73. The smallest absolute Gasteiger partial charge is 0.0622 e. The quantitative estimate of drug-likeness (QED) is 0.880. The molecule has 1 aromatic carbocycles. The summed E-state index contributed by atoms with van der Waals surface area (Å²) >= 11 is 0. The van der Waals surface area contributed by atoms with E-state index in [0.717, 1.165) is 26.3 Å². The maximum atomic E-state index is 5.57. The predicted octanol–water partition coefficient (Wildman–Crippen LogP) is 1.98. The van der Waals surface area contributed by atoms with Gasteiger partial charge in [0.25, 0.3) is 0 Å². The Balaban J connectivity index is 1.80. The number of ether oxygens (including phenoxy) is 1. The highest BCUT2D eigenvalue weighted by atomic mass is 16.5. The fourth-order valence-electron chi connectivity index (χ4n) is 3.34. The zero-order valence-electron chi connectivity index (χ0n) is 11.9. The van der Waals surface area contributed by atoms with E-state index in [4.69, 9.17) is 4.74 Å². The Hall–Kier alpha value is -0.900. The van der Waals surface area contributed by atoms with Gasteiger partial charge in [0.1, 0.15) is 0 Å². The summed E-state index contributed by atoms with van der Waals surface area (Å²) in [5.41, 5.74) is 1.43. The van der Waals surface area contributed by atoms with Crippen molar-refractivity contribution in [1.82, 2.24) is 10.2 Å². The first-order valence-corrected chi connectivity index (χ1v) is 7.33. The van der Waals surface area contributed by atoms with Gasteiger partial charge in [-0.2, -0.15) is 0 Å². The highest BCUT2D eigenvalue weighted by Crippen LogP contribution is 2.29. The maximum absolute atomic E-state index is 5.57. The van der Waals surface area contributed by atoms with Crippen LogP contribution < -0.4 is 5.32 Å². The van der Waals surface area contributed by atoms with E-state index in [0.29, 0.717) is 12.1 Å². The minimum Gasteiger partial charge on any atom is -0.380 e. The number of piperazine rings is 1. The summed E-state index contributed by atoms with van der Waals surface area (Å²) < 4.78 is 5.57. The van der Waals surface area contributed by atoms with Gasteiger partial charge in [0.2, 0.25) is 0 Å². The molecule has 1 N–H and O–H groups in total. The third kappa shape index (κ3) is 2.55. The molecule has 3 heteroatoms. The molecule has 19 heavy (non-hydrogen) atoms. The van der Waals surface area contributed by atoms with Gasteiger partial charge in [-0.1, -0.05) is 30.3 Å². The molecule has 0 saturated carbocycles. The Bertz CT molecular complexity index is 416. The third-order valence-electron chi connectivity index (χ3n) is 4.64. The number of nitrogens with one attached hydrogen (secondary N) is 1. The Morgan fingerprint density at radius 1 is 1.32 bits per heavy atom. The first-order chi connectivity index (χ1) is 9.19. The SMILES string of the molecule is CC1CNC(C)(c2ccccc2)CN1C1CCOC1. The van der Waals surface area contributed by atoms with Crippen molar-refractivity contribution in [2.24, 2.45) is 0 Å². The molecule has 1 aromatic rings. The van der Waals surface area contributed by atoms with E-state index in [1.54, 1.807) is 0 Å². The van der Waals surface area contributed by atoms with Crippen LogP contribution in [0.25, 0.3) is 0 Å². The number of rotatable bonds is 2. The molecule has 0 bridgehead atoms. The van der Waals surface area contributed by atoms with Crippen molar-refractivity contribution in [1.29, 1.82) is 0 Å². The lowest BCUT2D eigenvalue weighted by Gasteiger charge is -2.47. The predicted molar refractivity (Wildman–Crippen MR) is 77.2 cm³/mol. The second-order valence-corrected chi connectivity index (χ2v) is 6.12. The monoisotopic (exact) mass is 260 g/mol. The lowest BCUT2D eigenvalue weighted by Crippen LogP contribution is -2.62. The average molecular weight is 260 g/mol. The fourth-order valence-corrected chi connectivity index (χ4v) is 3.34.